The van der Waals surface area contributed by atoms with Crippen molar-refractivity contribution in [1.82, 2.24) is 10.2 Å². The number of benzene rings is 1. The van der Waals surface area contributed by atoms with E-state index in [0.29, 0.717) is 12.2 Å². The minimum absolute atomic E-state index is 0. The molecular formula is C22H34ClN3O3. The summed E-state index contributed by atoms with van der Waals surface area (Å²) < 4.78 is 5.36. The van der Waals surface area contributed by atoms with Crippen molar-refractivity contribution in [3.63, 3.8) is 0 Å². The Bertz CT molecular complexity index is 714. The number of piperidine rings is 2. The van der Waals surface area contributed by atoms with E-state index in [0.717, 1.165) is 56.6 Å². The average Bonchev–Trinajstić information content (AvgIpc) is 2.70. The number of hydrogen-bond donors (Lipinski definition) is 2. The summed E-state index contributed by atoms with van der Waals surface area (Å²) in [7, 11) is 1.64. The van der Waals surface area contributed by atoms with Gasteiger partial charge in [-0.2, -0.15) is 0 Å². The van der Waals surface area contributed by atoms with Gasteiger partial charge in [-0.1, -0.05) is 0 Å². The van der Waals surface area contributed by atoms with Crippen LogP contribution in [0.3, 0.4) is 0 Å². The zero-order chi connectivity index (χ0) is 20.1. The summed E-state index contributed by atoms with van der Waals surface area (Å²) in [4.78, 5) is 27.9. The summed E-state index contributed by atoms with van der Waals surface area (Å²) in [6, 6.07) is 5.87. The molecule has 1 atom stereocenters. The molecule has 2 fully saturated rings. The van der Waals surface area contributed by atoms with Crippen molar-refractivity contribution in [2.24, 2.45) is 5.41 Å². The van der Waals surface area contributed by atoms with Crippen LogP contribution in [0, 0.1) is 12.3 Å². The highest BCUT2D eigenvalue weighted by Crippen LogP contribution is 2.31. The molecule has 0 aliphatic carbocycles. The third-order valence-electron chi connectivity index (χ3n) is 6.25. The minimum Gasteiger partial charge on any atom is -0.384 e. The molecule has 2 aliphatic heterocycles. The van der Waals surface area contributed by atoms with Crippen molar-refractivity contribution in [3.05, 3.63) is 29.3 Å². The summed E-state index contributed by atoms with van der Waals surface area (Å²) in [5.41, 5.74) is 1.87. The predicted octanol–water partition coefficient (Wildman–Crippen LogP) is 3.39. The second-order valence-corrected chi connectivity index (χ2v) is 8.29. The van der Waals surface area contributed by atoms with E-state index >= 15 is 0 Å². The van der Waals surface area contributed by atoms with Crippen LogP contribution in [0.1, 0.15) is 54.9 Å². The number of aryl methyl sites for hydroxylation is 1. The third kappa shape index (κ3) is 5.30. The maximum absolute atomic E-state index is 13.0. The number of halogens is 1. The molecule has 162 valence electrons. The molecule has 2 saturated heterocycles. The van der Waals surface area contributed by atoms with Crippen molar-refractivity contribution < 1.29 is 14.3 Å². The molecule has 0 aromatic heterocycles. The zero-order valence-electron chi connectivity index (χ0n) is 17.8. The first-order valence-electron chi connectivity index (χ1n) is 10.4. The fourth-order valence-corrected chi connectivity index (χ4v) is 4.38. The van der Waals surface area contributed by atoms with Gasteiger partial charge in [-0.3, -0.25) is 9.59 Å². The number of nitrogens with zero attached hydrogens (tertiary/aromatic N) is 1. The summed E-state index contributed by atoms with van der Waals surface area (Å²) in [5, 5.41) is 6.39. The van der Waals surface area contributed by atoms with Gasteiger partial charge >= 0.3 is 0 Å². The van der Waals surface area contributed by atoms with Gasteiger partial charge in [0.25, 0.3) is 5.91 Å². The molecule has 1 aromatic carbocycles. The Labute approximate surface area is 180 Å². The lowest BCUT2D eigenvalue weighted by Gasteiger charge is -2.35. The summed E-state index contributed by atoms with van der Waals surface area (Å²) >= 11 is 0. The van der Waals surface area contributed by atoms with Gasteiger partial charge in [0.1, 0.15) is 0 Å². The molecule has 7 heteroatoms. The van der Waals surface area contributed by atoms with E-state index < -0.39 is 5.41 Å². The third-order valence-corrected chi connectivity index (χ3v) is 6.25. The van der Waals surface area contributed by atoms with Crippen LogP contribution < -0.4 is 10.6 Å². The number of anilines is 1. The lowest BCUT2D eigenvalue weighted by molar-refractivity contribution is -0.130. The van der Waals surface area contributed by atoms with Crippen molar-refractivity contribution in [3.8, 4) is 0 Å². The molecule has 2 N–H and O–H groups in total. The number of ether oxygens (including phenoxy) is 1. The Morgan fingerprint density at radius 1 is 1.28 bits per heavy atom. The number of methoxy groups -OCH3 is 1. The van der Waals surface area contributed by atoms with Gasteiger partial charge in [0.15, 0.2) is 0 Å². The molecule has 0 bridgehead atoms. The van der Waals surface area contributed by atoms with Gasteiger partial charge in [-0.25, -0.2) is 0 Å². The number of hydrogen-bond acceptors (Lipinski definition) is 4. The number of likely N-dealkylation sites (tertiary alicyclic amines) is 1. The summed E-state index contributed by atoms with van der Waals surface area (Å²) in [5.74, 6) is 0.0880. The van der Waals surface area contributed by atoms with Crippen LogP contribution >= 0.6 is 12.4 Å². The lowest BCUT2D eigenvalue weighted by atomic mass is 9.78. The normalized spacial score (nSPS) is 21.2. The molecule has 1 unspecified atom stereocenters. The second kappa shape index (κ2) is 10.4. The monoisotopic (exact) mass is 423 g/mol. The highest BCUT2D eigenvalue weighted by molar-refractivity contribution is 5.98. The maximum atomic E-state index is 13.0. The molecular weight excluding hydrogens is 390 g/mol. The van der Waals surface area contributed by atoms with Crippen molar-refractivity contribution >= 4 is 29.9 Å². The van der Waals surface area contributed by atoms with Crippen LogP contribution in [0.25, 0.3) is 0 Å². The van der Waals surface area contributed by atoms with Crippen molar-refractivity contribution in [2.45, 2.75) is 52.0 Å². The summed E-state index contributed by atoms with van der Waals surface area (Å²) in [6.45, 7) is 6.94. The Morgan fingerprint density at radius 2 is 2.00 bits per heavy atom. The largest absolute Gasteiger partial charge is 0.384 e. The Hall–Kier alpha value is -1.63. The van der Waals surface area contributed by atoms with Gasteiger partial charge in [0, 0.05) is 30.9 Å². The van der Waals surface area contributed by atoms with Crippen LogP contribution in [0.4, 0.5) is 5.69 Å². The molecule has 29 heavy (non-hydrogen) atoms. The van der Waals surface area contributed by atoms with E-state index in [1.807, 2.05) is 30.0 Å². The Morgan fingerprint density at radius 3 is 2.62 bits per heavy atom. The van der Waals surface area contributed by atoms with Crippen LogP contribution in [0.15, 0.2) is 18.2 Å². The van der Waals surface area contributed by atoms with Gasteiger partial charge < -0.3 is 20.3 Å². The van der Waals surface area contributed by atoms with Gasteiger partial charge in [-0.05, 0) is 82.8 Å². The van der Waals surface area contributed by atoms with Crippen LogP contribution in [-0.4, -0.2) is 56.1 Å². The van der Waals surface area contributed by atoms with Crippen LogP contribution in [0.2, 0.25) is 0 Å². The first kappa shape index (κ1) is 23.6. The van der Waals surface area contributed by atoms with Crippen molar-refractivity contribution in [1.29, 1.82) is 0 Å². The van der Waals surface area contributed by atoms with Crippen molar-refractivity contribution in [2.75, 3.05) is 38.7 Å². The molecule has 1 aromatic rings. The summed E-state index contributed by atoms with van der Waals surface area (Å²) in [6.07, 6.45) is 4.84. The molecule has 6 nitrogen and oxygen atoms in total. The highest BCUT2D eigenvalue weighted by Gasteiger charge is 2.39. The SMILES string of the molecule is COCC1(C(=O)Nc2ccc(C(=O)N3CCCCC3C)cc2C)CCNCC1.Cl. The van der Waals surface area contributed by atoms with Gasteiger partial charge in [0.05, 0.1) is 12.0 Å². The first-order valence-corrected chi connectivity index (χ1v) is 10.4. The Kier molecular flexibility index (Phi) is 8.49. The van der Waals surface area contributed by atoms with E-state index in [1.165, 1.54) is 6.42 Å². The number of amides is 2. The van der Waals surface area contributed by atoms with Gasteiger partial charge in [0.2, 0.25) is 5.91 Å². The fourth-order valence-electron chi connectivity index (χ4n) is 4.38. The average molecular weight is 424 g/mol. The zero-order valence-corrected chi connectivity index (χ0v) is 18.6. The highest BCUT2D eigenvalue weighted by atomic mass is 35.5. The number of carbonyl (C=O) groups excluding carboxylic acids is 2. The van der Waals surface area contributed by atoms with E-state index in [-0.39, 0.29) is 30.3 Å². The van der Waals surface area contributed by atoms with E-state index in [1.54, 1.807) is 7.11 Å². The number of rotatable bonds is 5. The molecule has 0 saturated carbocycles. The topological polar surface area (TPSA) is 70.7 Å². The molecule has 2 aliphatic rings. The number of carbonyl (C=O) groups is 2. The fraction of sp³-hybridized carbons (Fsp3) is 0.636. The van der Waals surface area contributed by atoms with E-state index in [9.17, 15) is 9.59 Å². The lowest BCUT2D eigenvalue weighted by Crippen LogP contribution is -2.47. The Balaban J connectivity index is 0.00000300. The quantitative estimate of drug-likeness (QED) is 0.761. The molecule has 0 radical (unpaired) electrons. The maximum Gasteiger partial charge on any atom is 0.254 e. The van der Waals surface area contributed by atoms with Gasteiger partial charge in [-0.15, -0.1) is 12.4 Å². The predicted molar refractivity (Wildman–Crippen MR) is 118 cm³/mol. The van der Waals surface area contributed by atoms with Crippen LogP contribution in [0.5, 0.6) is 0 Å². The number of nitrogens with one attached hydrogen (secondary N) is 2. The smallest absolute Gasteiger partial charge is 0.254 e. The molecule has 0 spiro atoms. The minimum atomic E-state index is -0.496. The van der Waals surface area contributed by atoms with E-state index in [2.05, 4.69) is 17.6 Å². The standard InChI is InChI=1S/C22H33N3O3.ClH/c1-16-14-18(20(26)25-13-5-4-6-17(25)2)7-8-19(16)24-21(27)22(15-28-3)9-11-23-12-10-22;/h7-8,14,17,23H,4-6,9-13,15H2,1-3H3,(H,24,27);1H. The van der Waals surface area contributed by atoms with E-state index in [4.69, 9.17) is 4.74 Å². The second-order valence-electron chi connectivity index (χ2n) is 8.29. The van der Waals surface area contributed by atoms with Crippen LogP contribution in [-0.2, 0) is 9.53 Å². The molecule has 2 heterocycles. The molecule has 3 rings (SSSR count). The first-order chi connectivity index (χ1) is 13.5. The molecule has 2 amide bonds.